The molecular weight excluding hydrogens is 391 g/mol. The number of carbonyl (C=O) groups excluding carboxylic acids is 1. The molecule has 0 spiro atoms. The van der Waals surface area contributed by atoms with Crippen LogP contribution in [0.1, 0.15) is 32.6 Å². The molecule has 0 radical (unpaired) electrons. The van der Waals surface area contributed by atoms with Crippen LogP contribution in [0.25, 0.3) is 0 Å². The van der Waals surface area contributed by atoms with Crippen LogP contribution in [-0.4, -0.2) is 12.1 Å². The van der Waals surface area contributed by atoms with Crippen LogP contribution in [0, 0.1) is 19.7 Å². The van der Waals surface area contributed by atoms with Gasteiger partial charge < -0.3 is 4.74 Å². The van der Waals surface area contributed by atoms with Gasteiger partial charge in [0.15, 0.2) is 0 Å². The van der Waals surface area contributed by atoms with E-state index in [4.69, 9.17) is 16.3 Å². The summed E-state index contributed by atoms with van der Waals surface area (Å²) >= 11 is 5.82. The van der Waals surface area contributed by atoms with Crippen LogP contribution in [0.15, 0.2) is 65.8 Å². The van der Waals surface area contributed by atoms with Gasteiger partial charge in [-0.15, -0.1) is 0 Å². The molecule has 1 N–H and O–H groups in total. The maximum absolute atomic E-state index is 13.0. The molecule has 0 heterocycles. The highest BCUT2D eigenvalue weighted by atomic mass is 35.5. The van der Waals surface area contributed by atoms with Crippen LogP contribution in [0.2, 0.25) is 5.02 Å². The van der Waals surface area contributed by atoms with Gasteiger partial charge in [0, 0.05) is 10.6 Å². The van der Waals surface area contributed by atoms with Crippen molar-refractivity contribution in [2.75, 3.05) is 0 Å². The van der Waals surface area contributed by atoms with Crippen molar-refractivity contribution in [2.24, 2.45) is 5.10 Å². The van der Waals surface area contributed by atoms with Gasteiger partial charge in [0.05, 0.1) is 6.21 Å². The third kappa shape index (κ3) is 5.65. The Balaban J connectivity index is 1.63. The van der Waals surface area contributed by atoms with Gasteiger partial charge in [-0.05, 0) is 84.6 Å². The number of amides is 1. The van der Waals surface area contributed by atoms with Crippen LogP contribution in [0.4, 0.5) is 4.39 Å². The van der Waals surface area contributed by atoms with E-state index in [9.17, 15) is 9.18 Å². The number of hydrazone groups is 1. The molecule has 0 atom stereocenters. The Morgan fingerprint density at radius 1 is 1.07 bits per heavy atom. The molecule has 0 bridgehead atoms. The molecule has 1 amide bonds. The SMILES string of the molecule is Cc1cc(/C=N\NC(=O)c2ccc(Cl)cc2)cc(C)c1OCc1ccc(F)cc1. The Morgan fingerprint density at radius 2 is 1.69 bits per heavy atom. The Bertz CT molecular complexity index is 1010. The standard InChI is InChI=1S/C23H20ClFN2O2/c1-15-11-18(13-26-27-23(28)19-5-7-20(24)8-6-19)12-16(2)22(15)29-14-17-3-9-21(25)10-4-17/h3-13H,14H2,1-2H3,(H,27,28)/b26-13-. The van der Waals surface area contributed by atoms with Gasteiger partial charge in [0.1, 0.15) is 18.2 Å². The van der Waals surface area contributed by atoms with Crippen LogP contribution in [-0.2, 0) is 6.61 Å². The molecule has 0 saturated carbocycles. The zero-order chi connectivity index (χ0) is 20.8. The monoisotopic (exact) mass is 410 g/mol. The number of hydrogen-bond acceptors (Lipinski definition) is 3. The number of halogens is 2. The summed E-state index contributed by atoms with van der Waals surface area (Å²) in [7, 11) is 0. The third-order valence-corrected chi connectivity index (χ3v) is 4.52. The highest BCUT2D eigenvalue weighted by Gasteiger charge is 2.07. The Morgan fingerprint density at radius 3 is 2.31 bits per heavy atom. The smallest absolute Gasteiger partial charge is 0.271 e. The second-order valence-corrected chi connectivity index (χ2v) is 7.04. The summed E-state index contributed by atoms with van der Waals surface area (Å²) < 4.78 is 18.9. The number of benzene rings is 3. The summed E-state index contributed by atoms with van der Waals surface area (Å²) in [5.74, 6) is 0.190. The summed E-state index contributed by atoms with van der Waals surface area (Å²) in [5.41, 5.74) is 6.59. The van der Waals surface area contributed by atoms with Crippen molar-refractivity contribution in [2.45, 2.75) is 20.5 Å². The molecule has 3 rings (SSSR count). The average molecular weight is 411 g/mol. The fourth-order valence-corrected chi connectivity index (χ4v) is 2.98. The first-order valence-electron chi connectivity index (χ1n) is 9.00. The van der Waals surface area contributed by atoms with Crippen molar-refractivity contribution in [3.05, 3.63) is 99.3 Å². The minimum atomic E-state index is -0.314. The van der Waals surface area contributed by atoms with E-state index in [0.717, 1.165) is 28.0 Å². The fourth-order valence-electron chi connectivity index (χ4n) is 2.85. The first-order valence-corrected chi connectivity index (χ1v) is 9.37. The predicted octanol–water partition coefficient (Wildman–Crippen LogP) is 5.44. The molecule has 3 aromatic rings. The molecule has 4 nitrogen and oxygen atoms in total. The predicted molar refractivity (Wildman–Crippen MR) is 113 cm³/mol. The zero-order valence-electron chi connectivity index (χ0n) is 16.1. The molecule has 0 fully saturated rings. The molecule has 0 aliphatic carbocycles. The number of aryl methyl sites for hydroxylation is 2. The molecule has 29 heavy (non-hydrogen) atoms. The van der Waals surface area contributed by atoms with E-state index in [1.807, 2.05) is 26.0 Å². The van der Waals surface area contributed by atoms with E-state index in [0.29, 0.717) is 17.2 Å². The summed E-state index contributed by atoms with van der Waals surface area (Å²) in [5, 5.41) is 4.59. The van der Waals surface area contributed by atoms with E-state index in [-0.39, 0.29) is 11.7 Å². The van der Waals surface area contributed by atoms with Gasteiger partial charge in [0.2, 0.25) is 0 Å². The van der Waals surface area contributed by atoms with Gasteiger partial charge in [-0.3, -0.25) is 4.79 Å². The van der Waals surface area contributed by atoms with Crippen LogP contribution < -0.4 is 10.2 Å². The summed E-state index contributed by atoms with van der Waals surface area (Å²) in [6.45, 7) is 4.24. The lowest BCUT2D eigenvalue weighted by molar-refractivity contribution is 0.0955. The maximum atomic E-state index is 13.0. The average Bonchev–Trinajstić information content (AvgIpc) is 2.69. The molecule has 148 valence electrons. The van der Waals surface area contributed by atoms with E-state index in [1.54, 1.807) is 42.6 Å². The maximum Gasteiger partial charge on any atom is 0.271 e. The lowest BCUT2D eigenvalue weighted by Crippen LogP contribution is -2.17. The Hall–Kier alpha value is -3.18. The number of rotatable bonds is 6. The van der Waals surface area contributed by atoms with Crippen LogP contribution in [0.3, 0.4) is 0 Å². The number of nitrogens with one attached hydrogen (secondary N) is 1. The highest BCUT2D eigenvalue weighted by Crippen LogP contribution is 2.25. The van der Waals surface area contributed by atoms with Gasteiger partial charge in [-0.2, -0.15) is 5.10 Å². The molecule has 0 unspecified atom stereocenters. The van der Waals surface area contributed by atoms with Crippen LogP contribution >= 0.6 is 11.6 Å². The minimum absolute atomic E-state index is 0.270. The quantitative estimate of drug-likeness (QED) is 0.434. The van der Waals surface area contributed by atoms with Crippen molar-refractivity contribution < 1.29 is 13.9 Å². The van der Waals surface area contributed by atoms with E-state index in [1.165, 1.54) is 12.1 Å². The molecule has 0 aliphatic rings. The third-order valence-electron chi connectivity index (χ3n) is 4.27. The Labute approximate surface area is 174 Å². The van der Waals surface area contributed by atoms with Crippen molar-refractivity contribution in [1.29, 1.82) is 0 Å². The Kier molecular flexibility index (Phi) is 6.62. The summed E-state index contributed by atoms with van der Waals surface area (Å²) in [6, 6.07) is 16.6. The number of carbonyl (C=O) groups is 1. The van der Waals surface area contributed by atoms with Crippen molar-refractivity contribution in [3.8, 4) is 5.75 Å². The zero-order valence-corrected chi connectivity index (χ0v) is 16.8. The topological polar surface area (TPSA) is 50.7 Å². The summed E-state index contributed by atoms with van der Waals surface area (Å²) in [4.78, 5) is 12.1. The van der Waals surface area contributed by atoms with Crippen LogP contribution in [0.5, 0.6) is 5.75 Å². The second kappa shape index (κ2) is 9.34. The van der Waals surface area contributed by atoms with Crippen molar-refractivity contribution in [3.63, 3.8) is 0 Å². The largest absolute Gasteiger partial charge is 0.488 e. The van der Waals surface area contributed by atoms with Gasteiger partial charge in [0.25, 0.3) is 5.91 Å². The molecular formula is C23H20ClFN2O2. The van der Waals surface area contributed by atoms with Gasteiger partial charge in [-0.1, -0.05) is 23.7 Å². The molecule has 0 aromatic heterocycles. The molecule has 6 heteroatoms. The lowest BCUT2D eigenvalue weighted by Gasteiger charge is -2.13. The minimum Gasteiger partial charge on any atom is -0.488 e. The number of nitrogens with zero attached hydrogens (tertiary/aromatic N) is 1. The highest BCUT2D eigenvalue weighted by molar-refractivity contribution is 6.30. The first-order chi connectivity index (χ1) is 13.9. The van der Waals surface area contributed by atoms with Gasteiger partial charge >= 0.3 is 0 Å². The second-order valence-electron chi connectivity index (χ2n) is 6.60. The van der Waals surface area contributed by atoms with E-state index in [2.05, 4.69) is 10.5 Å². The number of ether oxygens (including phenoxy) is 1. The summed E-state index contributed by atoms with van der Waals surface area (Å²) in [6.07, 6.45) is 1.58. The normalized spacial score (nSPS) is 10.9. The molecule has 0 saturated heterocycles. The lowest BCUT2D eigenvalue weighted by atomic mass is 10.1. The van der Waals surface area contributed by atoms with Crippen molar-refractivity contribution in [1.82, 2.24) is 5.43 Å². The van der Waals surface area contributed by atoms with E-state index >= 15 is 0 Å². The number of hydrogen-bond donors (Lipinski definition) is 1. The van der Waals surface area contributed by atoms with Gasteiger partial charge in [-0.25, -0.2) is 9.82 Å². The fraction of sp³-hybridized carbons (Fsp3) is 0.130. The van der Waals surface area contributed by atoms with E-state index < -0.39 is 0 Å². The molecule has 3 aromatic carbocycles. The first kappa shape index (κ1) is 20.6. The van der Waals surface area contributed by atoms with Crippen molar-refractivity contribution >= 4 is 23.7 Å². The molecule has 0 aliphatic heterocycles.